The van der Waals surface area contributed by atoms with E-state index in [-0.39, 0.29) is 31.5 Å². The number of likely N-dealkylation sites (tertiary alicyclic amines) is 1. The Hall–Kier alpha value is -3.33. The predicted octanol–water partition coefficient (Wildman–Crippen LogP) is 4.00. The summed E-state index contributed by atoms with van der Waals surface area (Å²) in [6, 6.07) is 0.878. The average Bonchev–Trinajstić information content (AvgIpc) is 3.45. The summed E-state index contributed by atoms with van der Waals surface area (Å²) >= 11 is 0. The van der Waals surface area contributed by atoms with E-state index in [4.69, 9.17) is 0 Å². The molecule has 1 aromatic carbocycles. The molecule has 1 aliphatic heterocycles. The third-order valence-electron chi connectivity index (χ3n) is 9.93. The van der Waals surface area contributed by atoms with Gasteiger partial charge in [-0.15, -0.1) is 0 Å². The molecular formula is C37H62F2N6O6S. The van der Waals surface area contributed by atoms with Gasteiger partial charge in [0, 0.05) is 39.1 Å². The number of likely N-dealkylation sites (N-methyl/N-ethyl adjacent to an activating group) is 1. The minimum absolute atomic E-state index is 0.00664. The lowest BCUT2D eigenvalue weighted by Crippen LogP contribution is -2.62. The Kier molecular flexibility index (Phi) is 15.6. The van der Waals surface area contributed by atoms with Crippen LogP contribution in [0.4, 0.5) is 13.6 Å². The Morgan fingerprint density at radius 2 is 1.58 bits per heavy atom. The zero-order valence-electron chi connectivity index (χ0n) is 33.0. The fraction of sp³-hybridized carbons (Fsp3) is 0.730. The van der Waals surface area contributed by atoms with Crippen molar-refractivity contribution in [3.8, 4) is 0 Å². The third kappa shape index (κ3) is 13.0. The van der Waals surface area contributed by atoms with Gasteiger partial charge < -0.3 is 26.2 Å². The van der Waals surface area contributed by atoms with Gasteiger partial charge in [0.15, 0.2) is 0 Å². The number of alkyl halides is 2. The summed E-state index contributed by atoms with van der Waals surface area (Å²) in [7, 11) is -2.12. The molecule has 2 rings (SSSR count). The van der Waals surface area contributed by atoms with E-state index in [0.29, 0.717) is 12.8 Å². The van der Waals surface area contributed by atoms with Gasteiger partial charge in [-0.3, -0.25) is 14.4 Å². The van der Waals surface area contributed by atoms with Crippen LogP contribution in [-0.4, -0.2) is 105 Å². The molecule has 0 spiro atoms. The highest BCUT2D eigenvalue weighted by Gasteiger charge is 2.48. The van der Waals surface area contributed by atoms with E-state index in [1.807, 2.05) is 66.7 Å². The number of hydrogen-bond donors (Lipinski definition) is 4. The van der Waals surface area contributed by atoms with E-state index in [2.05, 4.69) is 21.3 Å². The van der Waals surface area contributed by atoms with Crippen LogP contribution in [-0.2, 0) is 30.8 Å². The number of urea groups is 1. The maximum atomic E-state index is 14.3. The number of nitrogens with one attached hydrogen (secondary N) is 4. The molecular weight excluding hydrogens is 695 g/mol. The van der Waals surface area contributed by atoms with Crippen LogP contribution >= 0.6 is 0 Å². The number of halogens is 2. The number of nitrogens with zero attached hydrogens (tertiary/aromatic N) is 2. The first-order valence-electron chi connectivity index (χ1n) is 17.9. The highest BCUT2D eigenvalue weighted by molar-refractivity contribution is 7.88. The highest BCUT2D eigenvalue weighted by Crippen LogP contribution is 2.33. The maximum Gasteiger partial charge on any atom is 0.315 e. The molecule has 12 nitrogen and oxygen atoms in total. The molecule has 0 radical (unpaired) electrons. The van der Waals surface area contributed by atoms with Gasteiger partial charge in [-0.05, 0) is 66.0 Å². The molecule has 296 valence electrons. The minimum atomic E-state index is -3.54. The predicted molar refractivity (Wildman–Crippen MR) is 199 cm³/mol. The lowest BCUT2D eigenvalue weighted by Gasteiger charge is -2.38. The summed E-state index contributed by atoms with van der Waals surface area (Å²) in [5, 5.41) is 10.8. The smallest absolute Gasteiger partial charge is 0.315 e. The van der Waals surface area contributed by atoms with Crippen LogP contribution in [0.5, 0.6) is 0 Å². The number of amides is 5. The van der Waals surface area contributed by atoms with Crippen molar-refractivity contribution in [1.29, 1.82) is 0 Å². The van der Waals surface area contributed by atoms with Crippen LogP contribution in [0.3, 0.4) is 0 Å². The Morgan fingerprint density at radius 3 is 2.08 bits per heavy atom. The fourth-order valence-corrected chi connectivity index (χ4v) is 6.67. The average molecular weight is 757 g/mol. The Bertz CT molecular complexity index is 1520. The van der Waals surface area contributed by atoms with Crippen molar-refractivity contribution in [2.75, 3.05) is 32.9 Å². The molecule has 0 aromatic heterocycles. The zero-order chi connectivity index (χ0) is 39.9. The number of carbonyl (C=O) groups excluding carboxylic acids is 4. The van der Waals surface area contributed by atoms with Crippen LogP contribution < -0.4 is 21.3 Å². The second kappa shape index (κ2) is 18.1. The number of aryl methyl sites for hydroxylation is 2. The molecule has 0 bridgehead atoms. The number of benzene rings is 1. The Labute approximate surface area is 309 Å². The van der Waals surface area contributed by atoms with Crippen molar-refractivity contribution < 1.29 is 36.4 Å². The van der Waals surface area contributed by atoms with Crippen molar-refractivity contribution in [3.63, 3.8) is 0 Å². The largest absolute Gasteiger partial charge is 0.354 e. The van der Waals surface area contributed by atoms with Gasteiger partial charge in [-0.2, -0.15) is 0 Å². The summed E-state index contributed by atoms with van der Waals surface area (Å²) in [6.45, 7) is 19.0. The molecule has 0 saturated carbocycles. The van der Waals surface area contributed by atoms with Gasteiger partial charge in [-0.25, -0.2) is 26.3 Å². The summed E-state index contributed by atoms with van der Waals surface area (Å²) in [4.78, 5) is 56.4. The normalized spacial score (nSPS) is 18.7. The van der Waals surface area contributed by atoms with Gasteiger partial charge in [0.1, 0.15) is 18.1 Å². The second-order valence-electron chi connectivity index (χ2n) is 16.7. The number of hydrogen-bond acceptors (Lipinski definition) is 6. The molecule has 1 saturated heterocycles. The van der Waals surface area contributed by atoms with Crippen molar-refractivity contribution >= 4 is 33.8 Å². The summed E-state index contributed by atoms with van der Waals surface area (Å²) in [5.41, 5.74) is 1.81. The number of carbonyl (C=O) groups is 4. The van der Waals surface area contributed by atoms with Gasteiger partial charge in [0.2, 0.25) is 34.2 Å². The summed E-state index contributed by atoms with van der Waals surface area (Å²) in [6.07, 6.45) is -1.77. The molecule has 1 aliphatic rings. The molecule has 5 amide bonds. The number of rotatable bonds is 15. The molecule has 1 fully saturated rings. The van der Waals surface area contributed by atoms with Gasteiger partial charge >= 0.3 is 6.03 Å². The first kappa shape index (κ1) is 44.8. The Balaban J connectivity index is 2.30. The fourth-order valence-electron chi connectivity index (χ4n) is 6.25. The first-order valence-corrected chi connectivity index (χ1v) is 19.8. The van der Waals surface area contributed by atoms with Crippen molar-refractivity contribution in [1.82, 2.24) is 30.5 Å². The van der Waals surface area contributed by atoms with Gasteiger partial charge in [0.05, 0.1) is 6.26 Å². The molecule has 52 heavy (non-hydrogen) atoms. The molecule has 0 aliphatic carbocycles. The van der Waals surface area contributed by atoms with Gasteiger partial charge in [-0.1, -0.05) is 73.6 Å². The van der Waals surface area contributed by atoms with E-state index >= 15 is 0 Å². The minimum Gasteiger partial charge on any atom is -0.354 e. The van der Waals surface area contributed by atoms with E-state index in [1.54, 1.807) is 20.8 Å². The quantitative estimate of drug-likeness (QED) is 0.212. The van der Waals surface area contributed by atoms with Crippen molar-refractivity contribution in [3.05, 3.63) is 34.9 Å². The van der Waals surface area contributed by atoms with E-state index in [0.717, 1.165) is 27.3 Å². The summed E-state index contributed by atoms with van der Waals surface area (Å²) < 4.78 is 52.8. The standard InChI is InChI=1S/C37H62F2N6O6S/c1-22(2)26-16-18-45(34(48)31(37(8,9)10)43-35(49)42-28(36(5,6)7)21-44(11)52(12,50)51)30(26)33(47)41-27(20-29(38)39)32(46)40-17-15-25-14-13-23(3)24(4)19-25/h13-14,19,22,26-31H,15-18,20-21H2,1-12H3,(H,40,46)(H,41,47)(H2,42,43,49)/t26?,27-,28+,30-,31+/m0/s1. The molecule has 1 heterocycles. The van der Waals surface area contributed by atoms with Gasteiger partial charge in [0.25, 0.3) is 0 Å². The topological polar surface area (TPSA) is 157 Å². The zero-order valence-corrected chi connectivity index (χ0v) is 33.8. The maximum absolute atomic E-state index is 14.3. The van der Waals surface area contributed by atoms with Crippen LogP contribution in [0.15, 0.2) is 18.2 Å². The molecule has 4 N–H and O–H groups in total. The molecule has 15 heteroatoms. The Morgan fingerprint density at radius 1 is 0.962 bits per heavy atom. The van der Waals surface area contributed by atoms with Crippen LogP contribution in [0, 0.1) is 36.5 Å². The lowest BCUT2D eigenvalue weighted by atomic mass is 9.84. The van der Waals surface area contributed by atoms with E-state index < -0.39 is 81.6 Å². The molecule has 1 aromatic rings. The SMILES string of the molecule is Cc1ccc(CCNC(=O)[C@H](CC(F)F)NC(=O)[C@@H]2C(C(C)C)CCN2C(=O)[C@@H](NC(=O)N[C@H](CN(C)S(C)(=O)=O)C(C)(C)C)C(C)(C)C)cc1C. The monoisotopic (exact) mass is 756 g/mol. The third-order valence-corrected chi connectivity index (χ3v) is 11.2. The molecule has 5 atom stereocenters. The lowest BCUT2D eigenvalue weighted by molar-refractivity contribution is -0.144. The van der Waals surface area contributed by atoms with E-state index in [1.165, 1.54) is 11.9 Å². The first-order chi connectivity index (χ1) is 23.7. The second-order valence-corrected chi connectivity index (χ2v) is 18.8. The van der Waals surface area contributed by atoms with E-state index in [9.17, 15) is 36.4 Å². The number of sulfonamides is 1. The van der Waals surface area contributed by atoms with Crippen molar-refractivity contribution in [2.24, 2.45) is 22.7 Å². The summed E-state index contributed by atoms with van der Waals surface area (Å²) in [5.74, 6) is -2.40. The highest BCUT2D eigenvalue weighted by atomic mass is 32.2. The van der Waals surface area contributed by atoms with Crippen LogP contribution in [0.1, 0.15) is 84.9 Å². The van der Waals surface area contributed by atoms with Crippen molar-refractivity contribution in [2.45, 2.75) is 119 Å². The molecule has 1 unspecified atom stereocenters. The van der Waals surface area contributed by atoms with Crippen LogP contribution in [0.25, 0.3) is 0 Å². The van der Waals surface area contributed by atoms with Crippen LogP contribution in [0.2, 0.25) is 0 Å².